The van der Waals surface area contributed by atoms with Crippen LogP contribution in [0.5, 0.6) is 0 Å². The highest BCUT2D eigenvalue weighted by molar-refractivity contribution is 8.46. The summed E-state index contributed by atoms with van der Waals surface area (Å²) in [6, 6.07) is 0. The Hall–Kier alpha value is 0.970. The second-order valence-corrected chi connectivity index (χ2v) is 11.9. The Bertz CT molecular complexity index is 247. The van der Waals surface area contributed by atoms with E-state index in [0.29, 0.717) is 10.9 Å². The fourth-order valence-corrected chi connectivity index (χ4v) is 13.5. The van der Waals surface area contributed by atoms with Crippen LogP contribution in [-0.2, 0) is 9.47 Å². The van der Waals surface area contributed by atoms with Gasteiger partial charge in [0.1, 0.15) is 5.44 Å². The van der Waals surface area contributed by atoms with Gasteiger partial charge in [-0.05, 0) is 24.3 Å². The summed E-state index contributed by atoms with van der Waals surface area (Å²) in [4.78, 5) is 0. The average molecular weight is 278 g/mol. The van der Waals surface area contributed by atoms with Crippen molar-refractivity contribution in [3.05, 3.63) is 0 Å². The number of epoxide rings is 1. The van der Waals surface area contributed by atoms with Crippen molar-refractivity contribution >= 4 is 33.6 Å². The second-order valence-electron chi connectivity index (χ2n) is 4.85. The summed E-state index contributed by atoms with van der Waals surface area (Å²) in [5.74, 6) is 2.74. The zero-order chi connectivity index (χ0) is 10.6. The predicted molar refractivity (Wildman–Crippen MR) is 73.4 cm³/mol. The highest BCUT2D eigenvalue weighted by Crippen LogP contribution is 2.79. The largest absolute Gasteiger partial charge is 0.369 e. The van der Waals surface area contributed by atoms with Crippen LogP contribution in [0.4, 0.5) is 0 Å². The quantitative estimate of drug-likeness (QED) is 0.737. The van der Waals surface area contributed by atoms with Gasteiger partial charge in [-0.15, -0.1) is 23.5 Å². The van der Waals surface area contributed by atoms with Gasteiger partial charge in [0.15, 0.2) is 0 Å². The summed E-state index contributed by atoms with van der Waals surface area (Å²) in [6.45, 7) is 2.03. The highest BCUT2D eigenvalue weighted by atomic mass is 32.3. The molecule has 4 aliphatic heterocycles. The van der Waals surface area contributed by atoms with E-state index < -0.39 is 10.0 Å². The first-order valence-corrected chi connectivity index (χ1v) is 10.2. The molecule has 0 saturated carbocycles. The molecule has 0 N–H and O–H groups in total. The molecule has 5 heteroatoms. The molecule has 0 radical (unpaired) electrons. The van der Waals surface area contributed by atoms with E-state index >= 15 is 0 Å². The number of rotatable bonds is 4. The lowest BCUT2D eigenvalue weighted by Gasteiger charge is -2.61. The lowest BCUT2D eigenvalue weighted by atomic mass is 10.4. The summed E-state index contributed by atoms with van der Waals surface area (Å²) in [6.07, 6.45) is 4.16. The van der Waals surface area contributed by atoms with Gasteiger partial charge < -0.3 is 9.47 Å². The summed E-state index contributed by atoms with van der Waals surface area (Å²) in [5.41, 5.74) is 1.20. The van der Waals surface area contributed by atoms with Gasteiger partial charge in [0.2, 0.25) is 0 Å². The zero-order valence-electron chi connectivity index (χ0n) is 9.30. The molecule has 0 amide bonds. The number of hydrogen-bond acceptors (Lipinski definition) is 4. The lowest BCUT2D eigenvalue weighted by Crippen LogP contribution is -2.48. The normalized spacial score (nSPS) is 51.5. The molecule has 0 bridgehead atoms. The van der Waals surface area contributed by atoms with Crippen LogP contribution in [0.25, 0.3) is 0 Å². The molecule has 0 aromatic heterocycles. The Morgan fingerprint density at radius 1 is 0.875 bits per heavy atom. The van der Waals surface area contributed by atoms with Crippen LogP contribution in [0.3, 0.4) is 0 Å². The molecule has 2 nitrogen and oxygen atoms in total. The van der Waals surface area contributed by atoms with E-state index in [1.807, 2.05) is 0 Å². The van der Waals surface area contributed by atoms with Gasteiger partial charge in [-0.2, -0.15) is 10.0 Å². The molecule has 4 unspecified atom stereocenters. The molecular weight excluding hydrogens is 260 g/mol. The first-order chi connectivity index (χ1) is 7.92. The fourth-order valence-electron chi connectivity index (χ4n) is 2.90. The monoisotopic (exact) mass is 278 g/mol. The van der Waals surface area contributed by atoms with Crippen molar-refractivity contribution in [2.75, 3.05) is 24.7 Å². The highest BCUT2D eigenvalue weighted by Gasteiger charge is 2.60. The minimum absolute atomic E-state index is 0.593. The molecule has 0 aromatic carbocycles. The van der Waals surface area contributed by atoms with Gasteiger partial charge in [-0.25, -0.2) is 0 Å². The maximum absolute atomic E-state index is 5.94. The first-order valence-electron chi connectivity index (χ1n) is 6.17. The molecule has 4 saturated heterocycles. The lowest BCUT2D eigenvalue weighted by molar-refractivity contribution is 0.00548. The molecule has 4 heterocycles. The van der Waals surface area contributed by atoms with Gasteiger partial charge in [0.05, 0.1) is 18.6 Å². The van der Waals surface area contributed by atoms with Crippen LogP contribution in [0.1, 0.15) is 19.3 Å². The SMILES string of the molecule is C1CC(S(C2CO2)(C2CCS2)C2CCS2)O1. The van der Waals surface area contributed by atoms with E-state index in [-0.39, 0.29) is 0 Å². The first kappa shape index (κ1) is 10.9. The average Bonchev–Trinajstić information content (AvgIpc) is 2.72. The van der Waals surface area contributed by atoms with Gasteiger partial charge in [0.25, 0.3) is 0 Å². The third-order valence-corrected chi connectivity index (χ3v) is 13.8. The van der Waals surface area contributed by atoms with E-state index in [4.69, 9.17) is 9.47 Å². The smallest absolute Gasteiger partial charge is 0.115 e. The summed E-state index contributed by atoms with van der Waals surface area (Å²) < 4.78 is 13.5. The third-order valence-electron chi connectivity index (χ3n) is 4.10. The van der Waals surface area contributed by atoms with Crippen molar-refractivity contribution < 1.29 is 9.47 Å². The van der Waals surface area contributed by atoms with Crippen molar-refractivity contribution in [1.82, 2.24) is 0 Å². The minimum atomic E-state index is -0.646. The topological polar surface area (TPSA) is 21.8 Å². The Labute approximate surface area is 107 Å². The van der Waals surface area contributed by atoms with Crippen molar-refractivity contribution in [3.8, 4) is 0 Å². The molecule has 4 atom stereocenters. The van der Waals surface area contributed by atoms with Crippen molar-refractivity contribution in [2.24, 2.45) is 0 Å². The van der Waals surface area contributed by atoms with Crippen LogP contribution in [-0.4, -0.2) is 44.8 Å². The molecule has 92 valence electrons. The molecule has 4 aliphatic rings. The van der Waals surface area contributed by atoms with E-state index in [2.05, 4.69) is 23.5 Å². The Balaban J connectivity index is 1.66. The predicted octanol–water partition coefficient (Wildman–Crippen LogP) is 2.82. The summed E-state index contributed by atoms with van der Waals surface area (Å²) in [5, 5.41) is 0. The van der Waals surface area contributed by atoms with E-state index in [9.17, 15) is 0 Å². The zero-order valence-corrected chi connectivity index (χ0v) is 11.7. The van der Waals surface area contributed by atoms with Gasteiger partial charge in [-0.3, -0.25) is 0 Å². The molecule has 0 aliphatic carbocycles. The number of ether oxygens (including phenoxy) is 2. The van der Waals surface area contributed by atoms with E-state index in [1.54, 1.807) is 0 Å². The molecule has 0 spiro atoms. The summed E-state index contributed by atoms with van der Waals surface area (Å²) in [7, 11) is -0.646. The maximum atomic E-state index is 5.94. The molecule has 4 fully saturated rings. The third kappa shape index (κ3) is 1.38. The van der Waals surface area contributed by atoms with Gasteiger partial charge >= 0.3 is 0 Å². The standard InChI is InChI=1S/C11H18O2S3/c1-4-12-8(1)16(9-7-13-9,10-2-5-14-10)11-3-6-15-11/h8-11H,1-7H2. The van der Waals surface area contributed by atoms with Crippen LogP contribution < -0.4 is 0 Å². The van der Waals surface area contributed by atoms with Crippen LogP contribution in [0.15, 0.2) is 0 Å². The number of thioether (sulfide) groups is 2. The van der Waals surface area contributed by atoms with Crippen LogP contribution in [0.2, 0.25) is 0 Å². The maximum Gasteiger partial charge on any atom is 0.115 e. The molecule has 4 rings (SSSR count). The molecule has 16 heavy (non-hydrogen) atoms. The van der Waals surface area contributed by atoms with Crippen molar-refractivity contribution in [2.45, 2.75) is 39.3 Å². The van der Waals surface area contributed by atoms with Crippen molar-refractivity contribution in [3.63, 3.8) is 0 Å². The van der Waals surface area contributed by atoms with Crippen LogP contribution in [0, 0.1) is 0 Å². The van der Waals surface area contributed by atoms with Crippen LogP contribution >= 0.6 is 33.6 Å². The summed E-state index contributed by atoms with van der Waals surface area (Å²) >= 11 is 4.40. The minimum Gasteiger partial charge on any atom is -0.369 e. The van der Waals surface area contributed by atoms with Gasteiger partial charge in [-0.1, -0.05) is 0 Å². The fraction of sp³-hybridized carbons (Fsp3) is 1.00. The van der Waals surface area contributed by atoms with Gasteiger partial charge in [0, 0.05) is 15.6 Å². The molecule has 0 aromatic rings. The van der Waals surface area contributed by atoms with Crippen molar-refractivity contribution in [1.29, 1.82) is 0 Å². The Kier molecular flexibility index (Phi) is 2.70. The second kappa shape index (κ2) is 3.98. The molecular formula is C11H18O2S3. The number of hydrogen-bond donors (Lipinski definition) is 0. The van der Waals surface area contributed by atoms with E-state index in [1.165, 1.54) is 30.8 Å². The Morgan fingerprint density at radius 2 is 1.44 bits per heavy atom. The Morgan fingerprint density at radius 3 is 1.69 bits per heavy atom. The van der Waals surface area contributed by atoms with E-state index in [0.717, 1.165) is 22.4 Å².